The van der Waals surface area contributed by atoms with E-state index < -0.39 is 0 Å². The van der Waals surface area contributed by atoms with E-state index in [0.29, 0.717) is 0 Å². The van der Waals surface area contributed by atoms with Crippen molar-refractivity contribution in [3.63, 3.8) is 0 Å². The Morgan fingerprint density at radius 3 is 1.57 bits per heavy atom. The average Bonchev–Trinajstić information content (AvgIpc) is 2.50. The molecule has 0 heterocycles. The van der Waals surface area contributed by atoms with Crippen LogP contribution in [0.2, 0.25) is 0 Å². The van der Waals surface area contributed by atoms with E-state index >= 15 is 0 Å². The van der Waals surface area contributed by atoms with Gasteiger partial charge in [0.15, 0.2) is 0 Å². The van der Waals surface area contributed by atoms with Gasteiger partial charge in [0.25, 0.3) is 0 Å². The summed E-state index contributed by atoms with van der Waals surface area (Å²) in [5.41, 5.74) is 0. The van der Waals surface area contributed by atoms with Crippen LogP contribution in [0.15, 0.2) is 0 Å². The van der Waals surface area contributed by atoms with Crippen LogP contribution >= 0.6 is 0 Å². The van der Waals surface area contributed by atoms with Crippen LogP contribution in [-0.2, 0) is 0 Å². The van der Waals surface area contributed by atoms with E-state index in [1.807, 2.05) is 0 Å². The molecule has 0 aromatic rings. The normalized spacial score (nSPS) is 14.6. The van der Waals surface area contributed by atoms with E-state index in [1.165, 1.54) is 83.5 Å². The maximum atomic E-state index is 2.44. The Morgan fingerprint density at radius 1 is 0.571 bits per heavy atom. The molecule has 0 spiro atoms. The van der Waals surface area contributed by atoms with E-state index in [0.717, 1.165) is 17.8 Å². The fourth-order valence-electron chi connectivity index (χ4n) is 3.54. The molecular formula is C21H44. The van der Waals surface area contributed by atoms with Crippen LogP contribution in [0.5, 0.6) is 0 Å². The lowest BCUT2D eigenvalue weighted by Crippen LogP contribution is -2.07. The number of rotatable bonds is 15. The summed E-state index contributed by atoms with van der Waals surface area (Å²) in [7, 11) is 0. The number of hydrogen-bond donors (Lipinski definition) is 0. The van der Waals surface area contributed by atoms with Crippen LogP contribution in [0.25, 0.3) is 0 Å². The smallest absolute Gasteiger partial charge is 0.0412 e. The highest BCUT2D eigenvalue weighted by Gasteiger charge is 2.12. The second-order valence-electron chi connectivity index (χ2n) is 7.43. The van der Waals surface area contributed by atoms with E-state index in [1.54, 1.807) is 0 Å². The molecule has 0 saturated heterocycles. The highest BCUT2D eigenvalue weighted by atomic mass is 14.2. The molecule has 0 aliphatic rings. The summed E-state index contributed by atoms with van der Waals surface area (Å²) in [6, 6.07) is 0. The zero-order valence-electron chi connectivity index (χ0n) is 15.9. The van der Waals surface area contributed by atoms with Gasteiger partial charge in [0.1, 0.15) is 0 Å². The summed E-state index contributed by atoms with van der Waals surface area (Å²) in [5.74, 6) is 2.94. The summed E-state index contributed by atoms with van der Waals surface area (Å²) in [5, 5.41) is 0. The summed E-state index contributed by atoms with van der Waals surface area (Å²) in [6.07, 6.45) is 18.7. The fraction of sp³-hybridized carbons (Fsp3) is 1.00. The van der Waals surface area contributed by atoms with Crippen molar-refractivity contribution in [2.75, 3.05) is 0 Å². The SMILES string of the molecule is CCCCCC(CCCCCC(CC)CC)CC(C)CC. The van der Waals surface area contributed by atoms with Crippen molar-refractivity contribution in [3.05, 3.63) is 0 Å². The lowest BCUT2D eigenvalue weighted by atomic mass is 9.86. The molecule has 0 bridgehead atoms. The van der Waals surface area contributed by atoms with Gasteiger partial charge in [-0.05, 0) is 24.2 Å². The first kappa shape index (κ1) is 21.0. The molecule has 0 nitrogen and oxygen atoms in total. The van der Waals surface area contributed by atoms with Crippen LogP contribution in [0.3, 0.4) is 0 Å². The first-order valence-electron chi connectivity index (χ1n) is 10.2. The first-order valence-corrected chi connectivity index (χ1v) is 10.2. The quantitative estimate of drug-likeness (QED) is 0.268. The van der Waals surface area contributed by atoms with Crippen molar-refractivity contribution in [2.45, 2.75) is 118 Å². The molecule has 0 fully saturated rings. The molecule has 0 saturated carbocycles. The molecule has 21 heavy (non-hydrogen) atoms. The Bertz CT molecular complexity index is 192. The molecular weight excluding hydrogens is 252 g/mol. The zero-order valence-corrected chi connectivity index (χ0v) is 15.9. The third kappa shape index (κ3) is 12.2. The van der Waals surface area contributed by atoms with Gasteiger partial charge < -0.3 is 0 Å². The summed E-state index contributed by atoms with van der Waals surface area (Å²) in [6.45, 7) is 11.8. The van der Waals surface area contributed by atoms with Gasteiger partial charge in [-0.1, -0.05) is 112 Å². The Labute approximate surface area is 136 Å². The van der Waals surface area contributed by atoms with Gasteiger partial charge in [-0.15, -0.1) is 0 Å². The Balaban J connectivity index is 3.82. The maximum Gasteiger partial charge on any atom is -0.0412 e. The van der Waals surface area contributed by atoms with E-state index in [-0.39, 0.29) is 0 Å². The van der Waals surface area contributed by atoms with Gasteiger partial charge in [-0.3, -0.25) is 0 Å². The third-order valence-corrected chi connectivity index (χ3v) is 5.53. The summed E-state index contributed by atoms with van der Waals surface area (Å²) < 4.78 is 0. The van der Waals surface area contributed by atoms with Crippen LogP contribution in [0.4, 0.5) is 0 Å². The van der Waals surface area contributed by atoms with Crippen molar-refractivity contribution in [2.24, 2.45) is 17.8 Å². The molecule has 0 aromatic heterocycles. The standard InChI is InChI=1S/C21H44/c1-6-10-12-16-21(18-19(5)7-2)17-14-11-13-15-20(8-3)9-4/h19-21H,6-18H2,1-5H3. The Hall–Kier alpha value is 0. The van der Waals surface area contributed by atoms with Gasteiger partial charge in [0, 0.05) is 0 Å². The molecule has 128 valence electrons. The predicted molar refractivity (Wildman–Crippen MR) is 98.9 cm³/mol. The van der Waals surface area contributed by atoms with Crippen LogP contribution < -0.4 is 0 Å². The molecule has 0 amide bonds. The number of unbranched alkanes of at least 4 members (excludes halogenated alkanes) is 4. The fourth-order valence-corrected chi connectivity index (χ4v) is 3.54. The van der Waals surface area contributed by atoms with Crippen LogP contribution in [-0.4, -0.2) is 0 Å². The number of hydrogen-bond acceptors (Lipinski definition) is 0. The molecule has 0 heteroatoms. The van der Waals surface area contributed by atoms with Gasteiger partial charge in [-0.2, -0.15) is 0 Å². The second-order valence-corrected chi connectivity index (χ2v) is 7.43. The molecule has 0 rings (SSSR count). The van der Waals surface area contributed by atoms with Gasteiger partial charge >= 0.3 is 0 Å². The lowest BCUT2D eigenvalue weighted by Gasteiger charge is -2.20. The molecule has 0 aliphatic carbocycles. The van der Waals surface area contributed by atoms with E-state index in [2.05, 4.69) is 34.6 Å². The highest BCUT2D eigenvalue weighted by Crippen LogP contribution is 2.26. The summed E-state index contributed by atoms with van der Waals surface area (Å²) >= 11 is 0. The van der Waals surface area contributed by atoms with Crippen LogP contribution in [0, 0.1) is 17.8 Å². The molecule has 0 radical (unpaired) electrons. The lowest BCUT2D eigenvalue weighted by molar-refractivity contribution is 0.322. The molecule has 2 unspecified atom stereocenters. The van der Waals surface area contributed by atoms with Crippen molar-refractivity contribution in [3.8, 4) is 0 Å². The third-order valence-electron chi connectivity index (χ3n) is 5.53. The van der Waals surface area contributed by atoms with Crippen LogP contribution in [0.1, 0.15) is 118 Å². The average molecular weight is 297 g/mol. The molecule has 0 N–H and O–H groups in total. The van der Waals surface area contributed by atoms with Crippen molar-refractivity contribution < 1.29 is 0 Å². The van der Waals surface area contributed by atoms with Gasteiger partial charge in [-0.25, -0.2) is 0 Å². The highest BCUT2D eigenvalue weighted by molar-refractivity contribution is 4.65. The van der Waals surface area contributed by atoms with Crippen molar-refractivity contribution in [1.82, 2.24) is 0 Å². The molecule has 2 atom stereocenters. The Morgan fingerprint density at radius 2 is 1.10 bits per heavy atom. The minimum atomic E-state index is 0.932. The van der Waals surface area contributed by atoms with Crippen molar-refractivity contribution >= 4 is 0 Å². The minimum Gasteiger partial charge on any atom is -0.0654 e. The predicted octanol–water partition coefficient (Wildman–Crippen LogP) is 8.01. The monoisotopic (exact) mass is 296 g/mol. The van der Waals surface area contributed by atoms with E-state index in [9.17, 15) is 0 Å². The summed E-state index contributed by atoms with van der Waals surface area (Å²) in [4.78, 5) is 0. The van der Waals surface area contributed by atoms with Gasteiger partial charge in [0.05, 0.1) is 0 Å². The molecule has 0 aliphatic heterocycles. The topological polar surface area (TPSA) is 0 Å². The minimum absolute atomic E-state index is 0.932. The maximum absolute atomic E-state index is 2.44. The van der Waals surface area contributed by atoms with Crippen molar-refractivity contribution in [1.29, 1.82) is 0 Å². The molecule has 0 aromatic carbocycles. The first-order chi connectivity index (χ1) is 10.2. The largest absolute Gasteiger partial charge is 0.0654 e. The zero-order chi connectivity index (χ0) is 15.9. The van der Waals surface area contributed by atoms with E-state index in [4.69, 9.17) is 0 Å². The Kier molecular flexibility index (Phi) is 14.9. The van der Waals surface area contributed by atoms with Gasteiger partial charge in [0.2, 0.25) is 0 Å². The second kappa shape index (κ2) is 14.9.